The second kappa shape index (κ2) is 5.94. The molecule has 2 aromatic rings. The number of rotatable bonds is 1. The Morgan fingerprint density at radius 3 is 2.78 bits per heavy atom. The first kappa shape index (κ1) is 16.5. The van der Waals surface area contributed by atoms with Gasteiger partial charge in [0.2, 0.25) is 0 Å². The highest BCUT2D eigenvalue weighted by Gasteiger charge is 2.36. The summed E-state index contributed by atoms with van der Waals surface area (Å²) < 4.78 is 16.8. The first-order chi connectivity index (χ1) is 10.8. The van der Waals surface area contributed by atoms with Gasteiger partial charge >= 0.3 is 6.09 Å². The van der Waals surface area contributed by atoms with Crippen molar-refractivity contribution in [3.8, 4) is 11.3 Å². The van der Waals surface area contributed by atoms with Gasteiger partial charge in [-0.15, -0.1) is 0 Å². The lowest BCUT2D eigenvalue weighted by atomic mass is 10.1. The maximum Gasteiger partial charge on any atom is 0.408 e. The summed E-state index contributed by atoms with van der Waals surface area (Å²) >= 11 is 7.90. The molecule has 2 heterocycles. The van der Waals surface area contributed by atoms with Gasteiger partial charge in [-0.05, 0) is 54.6 Å². The van der Waals surface area contributed by atoms with Crippen LogP contribution in [0.3, 0.4) is 0 Å². The fraction of sp³-hybridized carbons (Fsp3) is 0.333. The molecule has 0 saturated carbocycles. The van der Waals surface area contributed by atoms with Gasteiger partial charge in [0.15, 0.2) is 0 Å². The summed E-state index contributed by atoms with van der Waals surface area (Å²) in [6.45, 7) is 4.10. The minimum Gasteiger partial charge on any atom is -0.465 e. The predicted octanol–water partition coefficient (Wildman–Crippen LogP) is 4.39. The monoisotopic (exact) mass is 449 g/mol. The Bertz CT molecular complexity index is 795. The van der Waals surface area contributed by atoms with E-state index < -0.39 is 11.9 Å². The zero-order chi connectivity index (χ0) is 16.9. The average molecular weight is 450 g/mol. The van der Waals surface area contributed by atoms with E-state index in [1.54, 1.807) is 16.8 Å². The first-order valence-electron chi connectivity index (χ1n) is 7.04. The lowest BCUT2D eigenvalue weighted by molar-refractivity contribution is 0.0832. The standard InChI is InChI=1S/C15H14ClFIN3O2/c1-7-6-20-14(8(2)21(7)15(22)23)12(18)13(19-20)10-4-3-9(16)5-11(10)17/h3-5,7-8H,6H2,1-2H3,(H,22,23)/t7-,8?/m0/s1. The minimum atomic E-state index is -0.965. The summed E-state index contributed by atoms with van der Waals surface area (Å²) in [7, 11) is 0. The van der Waals surface area contributed by atoms with E-state index >= 15 is 0 Å². The molecule has 0 saturated heterocycles. The van der Waals surface area contributed by atoms with Gasteiger partial charge in [-0.3, -0.25) is 9.58 Å². The highest BCUT2D eigenvalue weighted by atomic mass is 127. The van der Waals surface area contributed by atoms with Crippen LogP contribution in [0.1, 0.15) is 25.6 Å². The number of nitrogens with zero attached hydrogens (tertiary/aromatic N) is 3. The number of benzene rings is 1. The van der Waals surface area contributed by atoms with Gasteiger partial charge in [0, 0.05) is 10.6 Å². The number of amides is 1. The predicted molar refractivity (Wildman–Crippen MR) is 93.1 cm³/mol. The van der Waals surface area contributed by atoms with Crippen LogP contribution in [0, 0.1) is 9.39 Å². The molecule has 1 amide bonds. The molecule has 1 aliphatic rings. The maximum atomic E-state index is 14.2. The van der Waals surface area contributed by atoms with Crippen molar-refractivity contribution in [2.75, 3.05) is 0 Å². The largest absolute Gasteiger partial charge is 0.465 e. The van der Waals surface area contributed by atoms with Crippen molar-refractivity contribution < 1.29 is 14.3 Å². The van der Waals surface area contributed by atoms with Crippen molar-refractivity contribution in [2.45, 2.75) is 32.5 Å². The van der Waals surface area contributed by atoms with Crippen LogP contribution in [-0.4, -0.2) is 31.9 Å². The molecule has 1 N–H and O–H groups in total. The second-order valence-electron chi connectivity index (χ2n) is 5.57. The molecule has 0 fully saturated rings. The molecule has 23 heavy (non-hydrogen) atoms. The number of halogens is 3. The number of carboxylic acid groups (broad SMARTS) is 1. The summed E-state index contributed by atoms with van der Waals surface area (Å²) in [5.41, 5.74) is 1.67. The SMILES string of the molecule is CC1c2c(I)c(-c3ccc(Cl)cc3F)nn2C[C@H](C)N1C(=O)O. The van der Waals surface area contributed by atoms with E-state index in [-0.39, 0.29) is 12.1 Å². The van der Waals surface area contributed by atoms with Crippen molar-refractivity contribution in [3.05, 3.63) is 38.3 Å². The molecule has 0 aliphatic carbocycles. The number of hydrogen-bond acceptors (Lipinski definition) is 2. The molecular formula is C15H14ClFIN3O2. The maximum absolute atomic E-state index is 14.2. The zero-order valence-corrected chi connectivity index (χ0v) is 15.3. The Hall–Kier alpha value is -1.35. The van der Waals surface area contributed by atoms with Gasteiger partial charge in [-0.25, -0.2) is 9.18 Å². The van der Waals surface area contributed by atoms with Crippen molar-refractivity contribution in [1.82, 2.24) is 14.7 Å². The fourth-order valence-corrected chi connectivity index (χ4v) is 4.34. The summed E-state index contributed by atoms with van der Waals surface area (Å²) in [4.78, 5) is 12.9. The van der Waals surface area contributed by atoms with Gasteiger partial charge in [0.25, 0.3) is 0 Å². The molecule has 5 nitrogen and oxygen atoms in total. The van der Waals surface area contributed by atoms with Gasteiger partial charge in [-0.1, -0.05) is 11.6 Å². The van der Waals surface area contributed by atoms with Crippen molar-refractivity contribution >= 4 is 40.3 Å². The molecule has 1 aromatic heterocycles. The smallest absolute Gasteiger partial charge is 0.408 e. The molecule has 0 spiro atoms. The highest BCUT2D eigenvalue weighted by Crippen LogP contribution is 2.37. The molecular weight excluding hydrogens is 436 g/mol. The van der Waals surface area contributed by atoms with E-state index in [1.807, 2.05) is 13.8 Å². The van der Waals surface area contributed by atoms with Crippen LogP contribution >= 0.6 is 34.2 Å². The molecule has 3 rings (SSSR count). The fourth-order valence-electron chi connectivity index (χ4n) is 3.05. The second-order valence-corrected chi connectivity index (χ2v) is 7.08. The minimum absolute atomic E-state index is 0.200. The molecule has 1 unspecified atom stereocenters. The molecule has 8 heteroatoms. The van der Waals surface area contributed by atoms with Gasteiger partial charge < -0.3 is 5.11 Å². The van der Waals surface area contributed by atoms with E-state index in [0.717, 1.165) is 9.26 Å². The zero-order valence-electron chi connectivity index (χ0n) is 12.4. The third-order valence-electron chi connectivity index (χ3n) is 4.06. The Balaban J connectivity index is 2.13. The van der Waals surface area contributed by atoms with Crippen molar-refractivity contribution in [3.63, 3.8) is 0 Å². The lowest BCUT2D eigenvalue weighted by Gasteiger charge is -2.37. The summed E-state index contributed by atoms with van der Waals surface area (Å²) in [6, 6.07) is 3.91. The van der Waals surface area contributed by atoms with E-state index in [2.05, 4.69) is 27.7 Å². The summed E-state index contributed by atoms with van der Waals surface area (Å²) in [5, 5.41) is 14.2. The Morgan fingerprint density at radius 1 is 1.48 bits per heavy atom. The average Bonchev–Trinajstić information content (AvgIpc) is 2.75. The van der Waals surface area contributed by atoms with E-state index in [0.29, 0.717) is 22.8 Å². The van der Waals surface area contributed by atoms with Crippen LogP contribution in [0.25, 0.3) is 11.3 Å². The van der Waals surface area contributed by atoms with Gasteiger partial charge in [0.1, 0.15) is 11.5 Å². The number of carbonyl (C=O) groups is 1. The quantitative estimate of drug-likeness (QED) is 0.657. The molecule has 1 aliphatic heterocycles. The third kappa shape index (κ3) is 2.69. The Labute approximate surface area is 151 Å². The molecule has 0 radical (unpaired) electrons. The van der Waals surface area contributed by atoms with Crippen LogP contribution in [-0.2, 0) is 6.54 Å². The molecule has 0 bridgehead atoms. The third-order valence-corrected chi connectivity index (χ3v) is 5.36. The number of fused-ring (bicyclic) bond motifs is 1. The summed E-state index contributed by atoms with van der Waals surface area (Å²) in [6.07, 6.45) is -0.965. The van der Waals surface area contributed by atoms with E-state index in [4.69, 9.17) is 11.6 Å². The Morgan fingerprint density at radius 2 is 2.17 bits per heavy atom. The normalized spacial score (nSPS) is 20.5. The van der Waals surface area contributed by atoms with Gasteiger partial charge in [-0.2, -0.15) is 5.10 Å². The van der Waals surface area contributed by atoms with Crippen LogP contribution in [0.15, 0.2) is 18.2 Å². The summed E-state index contributed by atoms with van der Waals surface area (Å²) in [5.74, 6) is -0.443. The number of aromatic nitrogens is 2. The Kier molecular flexibility index (Phi) is 4.26. The van der Waals surface area contributed by atoms with Gasteiger partial charge in [0.05, 0.1) is 27.9 Å². The van der Waals surface area contributed by atoms with Crippen molar-refractivity contribution in [2.24, 2.45) is 0 Å². The van der Waals surface area contributed by atoms with E-state index in [9.17, 15) is 14.3 Å². The molecule has 2 atom stereocenters. The molecule has 122 valence electrons. The first-order valence-corrected chi connectivity index (χ1v) is 8.49. The van der Waals surface area contributed by atoms with Crippen LogP contribution in [0.2, 0.25) is 5.02 Å². The van der Waals surface area contributed by atoms with Crippen LogP contribution in [0.5, 0.6) is 0 Å². The van der Waals surface area contributed by atoms with Crippen LogP contribution in [0.4, 0.5) is 9.18 Å². The van der Waals surface area contributed by atoms with Crippen LogP contribution < -0.4 is 0 Å². The highest BCUT2D eigenvalue weighted by molar-refractivity contribution is 14.1. The van der Waals surface area contributed by atoms with E-state index in [1.165, 1.54) is 11.0 Å². The topological polar surface area (TPSA) is 58.4 Å². The lowest BCUT2D eigenvalue weighted by Crippen LogP contribution is -2.46. The van der Waals surface area contributed by atoms with Crippen molar-refractivity contribution in [1.29, 1.82) is 0 Å². The molecule has 1 aromatic carbocycles. The number of hydrogen-bond donors (Lipinski definition) is 1.